The molecule has 5 heteroatoms. The highest BCUT2D eigenvalue weighted by Gasteiger charge is 2.09. The molecule has 0 radical (unpaired) electrons. The third kappa shape index (κ3) is 3.60. The van der Waals surface area contributed by atoms with E-state index in [2.05, 4.69) is 14.8 Å². The highest BCUT2D eigenvalue weighted by atomic mass is 32.1. The Morgan fingerprint density at radius 3 is 2.53 bits per heavy atom. The fourth-order valence-corrected chi connectivity index (χ4v) is 1.85. The van der Waals surface area contributed by atoms with Crippen molar-refractivity contribution in [3.63, 3.8) is 0 Å². The Bertz CT molecular complexity index is 335. The first-order valence-corrected chi connectivity index (χ1v) is 5.65. The van der Waals surface area contributed by atoms with Crippen molar-refractivity contribution in [2.45, 2.75) is 6.92 Å². The van der Waals surface area contributed by atoms with Crippen LogP contribution >= 0.6 is 11.3 Å². The molecular weight excluding hydrogens is 210 g/mol. The van der Waals surface area contributed by atoms with E-state index in [1.165, 1.54) is 11.3 Å². The van der Waals surface area contributed by atoms with Crippen molar-refractivity contribution in [3.8, 4) is 0 Å². The van der Waals surface area contributed by atoms with Crippen LogP contribution in [0.1, 0.15) is 16.6 Å². The van der Waals surface area contributed by atoms with Crippen LogP contribution in [0.15, 0.2) is 6.20 Å². The number of Topliss-reactive ketones (excluding diaryl/α,β-unsaturated/α-hetero) is 1. The second-order valence-corrected chi connectivity index (χ2v) is 4.80. The van der Waals surface area contributed by atoms with Gasteiger partial charge in [0.05, 0.1) is 11.1 Å². The monoisotopic (exact) mass is 227 g/mol. The second kappa shape index (κ2) is 5.23. The summed E-state index contributed by atoms with van der Waals surface area (Å²) >= 11 is 1.45. The van der Waals surface area contributed by atoms with Gasteiger partial charge in [-0.1, -0.05) is 11.3 Å². The van der Waals surface area contributed by atoms with E-state index >= 15 is 0 Å². The Morgan fingerprint density at radius 2 is 2.07 bits per heavy atom. The van der Waals surface area contributed by atoms with Crippen LogP contribution in [0, 0.1) is 0 Å². The second-order valence-electron chi connectivity index (χ2n) is 3.79. The molecule has 0 saturated heterocycles. The van der Waals surface area contributed by atoms with Crippen molar-refractivity contribution in [2.75, 3.05) is 39.1 Å². The maximum atomic E-state index is 11.1. The Labute approximate surface area is 94.5 Å². The molecule has 0 atom stereocenters. The summed E-state index contributed by atoms with van der Waals surface area (Å²) in [5.74, 6) is 0.0831. The lowest BCUT2D eigenvalue weighted by Gasteiger charge is -2.18. The molecule has 0 aromatic carbocycles. The third-order valence-corrected chi connectivity index (χ3v) is 3.26. The van der Waals surface area contributed by atoms with Crippen LogP contribution < -0.4 is 4.90 Å². The summed E-state index contributed by atoms with van der Waals surface area (Å²) in [7, 11) is 6.07. The summed E-state index contributed by atoms with van der Waals surface area (Å²) in [5.41, 5.74) is 0. The lowest BCUT2D eigenvalue weighted by Crippen LogP contribution is -2.28. The molecule has 4 nitrogen and oxygen atoms in total. The van der Waals surface area contributed by atoms with Crippen molar-refractivity contribution in [2.24, 2.45) is 0 Å². The van der Waals surface area contributed by atoms with Crippen LogP contribution in [0.5, 0.6) is 0 Å². The minimum absolute atomic E-state index is 0.0831. The molecule has 0 bridgehead atoms. The van der Waals surface area contributed by atoms with E-state index in [0.717, 1.165) is 23.1 Å². The Kier molecular flexibility index (Phi) is 4.23. The number of ketones is 1. The predicted octanol–water partition coefficient (Wildman–Crippen LogP) is 1.34. The Balaban J connectivity index is 2.58. The zero-order valence-corrected chi connectivity index (χ0v) is 10.5. The standard InChI is InChI=1S/C10H17N3OS/c1-8(14)9-7-11-10(15-9)13(4)6-5-12(2)3/h7H,5-6H2,1-4H3. The van der Waals surface area contributed by atoms with Crippen molar-refractivity contribution < 1.29 is 4.79 Å². The minimum Gasteiger partial charge on any atom is -0.350 e. The average Bonchev–Trinajstić information content (AvgIpc) is 2.62. The number of likely N-dealkylation sites (N-methyl/N-ethyl adjacent to an activating group) is 2. The number of nitrogens with zero attached hydrogens (tertiary/aromatic N) is 3. The zero-order valence-electron chi connectivity index (χ0n) is 9.65. The summed E-state index contributed by atoms with van der Waals surface area (Å²) in [4.78, 5) is 20.2. The van der Waals surface area contributed by atoms with E-state index in [9.17, 15) is 4.79 Å². The molecule has 0 aliphatic rings. The molecule has 0 saturated carbocycles. The molecule has 0 amide bonds. The molecular formula is C10H17N3OS. The lowest BCUT2D eigenvalue weighted by molar-refractivity contribution is 0.102. The first-order valence-electron chi connectivity index (χ1n) is 4.83. The number of aromatic nitrogens is 1. The normalized spacial score (nSPS) is 10.7. The Hall–Kier alpha value is -0.940. The van der Waals surface area contributed by atoms with Gasteiger partial charge in [0.2, 0.25) is 0 Å². The molecule has 0 aliphatic heterocycles. The topological polar surface area (TPSA) is 36.4 Å². The van der Waals surface area contributed by atoms with Crippen molar-refractivity contribution in [3.05, 3.63) is 11.1 Å². The summed E-state index contributed by atoms with van der Waals surface area (Å²) in [6, 6.07) is 0. The van der Waals surface area contributed by atoms with Crippen LogP contribution in [0.25, 0.3) is 0 Å². The van der Waals surface area contributed by atoms with E-state index in [0.29, 0.717) is 0 Å². The maximum Gasteiger partial charge on any atom is 0.185 e. The number of carbonyl (C=O) groups excluding carboxylic acids is 1. The Morgan fingerprint density at radius 1 is 1.40 bits per heavy atom. The molecule has 1 rings (SSSR count). The quantitative estimate of drug-likeness (QED) is 0.711. The van der Waals surface area contributed by atoms with Gasteiger partial charge >= 0.3 is 0 Å². The van der Waals surface area contributed by atoms with Gasteiger partial charge in [0.15, 0.2) is 10.9 Å². The summed E-state index contributed by atoms with van der Waals surface area (Å²) < 4.78 is 0. The van der Waals surface area contributed by atoms with E-state index in [4.69, 9.17) is 0 Å². The molecule has 1 heterocycles. The van der Waals surface area contributed by atoms with Crippen molar-refractivity contribution in [1.82, 2.24) is 9.88 Å². The zero-order chi connectivity index (χ0) is 11.4. The summed E-state index contributed by atoms with van der Waals surface area (Å²) in [6.45, 7) is 3.46. The van der Waals surface area contributed by atoms with Crippen molar-refractivity contribution in [1.29, 1.82) is 0 Å². The number of hydrogen-bond acceptors (Lipinski definition) is 5. The fourth-order valence-electron chi connectivity index (χ4n) is 1.05. The van der Waals surface area contributed by atoms with Gasteiger partial charge in [-0.3, -0.25) is 4.79 Å². The highest BCUT2D eigenvalue weighted by Crippen LogP contribution is 2.21. The SMILES string of the molecule is CC(=O)c1cnc(N(C)CCN(C)C)s1. The largest absolute Gasteiger partial charge is 0.350 e. The molecule has 1 aromatic heterocycles. The van der Waals surface area contributed by atoms with Crippen LogP contribution in [0.4, 0.5) is 5.13 Å². The molecule has 0 spiro atoms. The van der Waals surface area contributed by atoms with Crippen LogP contribution in [0.3, 0.4) is 0 Å². The predicted molar refractivity (Wildman–Crippen MR) is 63.9 cm³/mol. The van der Waals surface area contributed by atoms with E-state index in [1.54, 1.807) is 13.1 Å². The van der Waals surface area contributed by atoms with Gasteiger partial charge in [0, 0.05) is 27.1 Å². The van der Waals surface area contributed by atoms with Crippen LogP contribution in [-0.2, 0) is 0 Å². The van der Waals surface area contributed by atoms with E-state index in [1.807, 2.05) is 21.1 Å². The fraction of sp³-hybridized carbons (Fsp3) is 0.600. The molecule has 0 unspecified atom stereocenters. The third-order valence-electron chi connectivity index (χ3n) is 2.05. The van der Waals surface area contributed by atoms with Crippen LogP contribution in [0.2, 0.25) is 0 Å². The molecule has 0 N–H and O–H groups in total. The minimum atomic E-state index is 0.0831. The number of carbonyl (C=O) groups is 1. The first-order chi connectivity index (χ1) is 7.00. The number of anilines is 1. The number of hydrogen-bond donors (Lipinski definition) is 0. The number of thiazole rings is 1. The van der Waals surface area contributed by atoms with E-state index < -0.39 is 0 Å². The number of rotatable bonds is 5. The highest BCUT2D eigenvalue weighted by molar-refractivity contribution is 7.17. The molecule has 1 aromatic rings. The smallest absolute Gasteiger partial charge is 0.185 e. The summed E-state index contributed by atoms with van der Waals surface area (Å²) in [6.07, 6.45) is 1.65. The van der Waals surface area contributed by atoms with Gasteiger partial charge in [-0.15, -0.1) is 0 Å². The van der Waals surface area contributed by atoms with Gasteiger partial charge in [0.1, 0.15) is 0 Å². The molecule has 84 valence electrons. The lowest BCUT2D eigenvalue weighted by atomic mass is 10.4. The molecule has 0 fully saturated rings. The maximum absolute atomic E-state index is 11.1. The van der Waals surface area contributed by atoms with Crippen molar-refractivity contribution >= 4 is 22.3 Å². The molecule has 15 heavy (non-hydrogen) atoms. The van der Waals surface area contributed by atoms with Crippen LogP contribution in [-0.4, -0.2) is 49.9 Å². The molecule has 0 aliphatic carbocycles. The summed E-state index contributed by atoms with van der Waals surface area (Å²) in [5, 5.41) is 0.905. The average molecular weight is 227 g/mol. The van der Waals surface area contributed by atoms with Gasteiger partial charge in [-0.05, 0) is 14.1 Å². The van der Waals surface area contributed by atoms with Gasteiger partial charge < -0.3 is 9.80 Å². The van der Waals surface area contributed by atoms with Gasteiger partial charge in [0.25, 0.3) is 0 Å². The van der Waals surface area contributed by atoms with E-state index in [-0.39, 0.29) is 5.78 Å². The van der Waals surface area contributed by atoms with Gasteiger partial charge in [-0.2, -0.15) is 0 Å². The first kappa shape index (κ1) is 12.1. The van der Waals surface area contributed by atoms with Gasteiger partial charge in [-0.25, -0.2) is 4.98 Å².